The van der Waals surface area contributed by atoms with Gasteiger partial charge in [-0.2, -0.15) is 0 Å². The molecule has 2 rings (SSSR count). The second-order valence-corrected chi connectivity index (χ2v) is 4.93. The number of halogens is 1. The van der Waals surface area contributed by atoms with E-state index >= 15 is 0 Å². The SMILES string of the molecule is CCOc1ccnc(CSc2nc(N)cc(Cl)n2)c1. The Hall–Kier alpha value is -1.53. The number of nitrogens with zero attached hydrogens (tertiary/aromatic N) is 3. The standard InChI is InChI=1S/C12H13ClN4OS/c1-2-18-9-3-4-15-8(5-9)7-19-12-16-10(13)6-11(14)17-12/h3-6H,2,7H2,1H3,(H2,14,16,17). The van der Waals surface area contributed by atoms with Crippen LogP contribution < -0.4 is 10.5 Å². The van der Waals surface area contributed by atoms with Gasteiger partial charge in [-0.1, -0.05) is 23.4 Å². The summed E-state index contributed by atoms with van der Waals surface area (Å²) in [6.45, 7) is 2.57. The average Bonchev–Trinajstić information content (AvgIpc) is 2.36. The van der Waals surface area contributed by atoms with Crippen molar-refractivity contribution in [2.24, 2.45) is 0 Å². The van der Waals surface area contributed by atoms with Crippen LogP contribution in [-0.4, -0.2) is 21.6 Å². The summed E-state index contributed by atoms with van der Waals surface area (Å²) < 4.78 is 5.42. The van der Waals surface area contributed by atoms with E-state index < -0.39 is 0 Å². The molecule has 2 aromatic rings. The van der Waals surface area contributed by atoms with Crippen LogP contribution in [0.3, 0.4) is 0 Å². The molecule has 0 aliphatic carbocycles. The van der Waals surface area contributed by atoms with Gasteiger partial charge in [0.2, 0.25) is 0 Å². The number of hydrogen-bond acceptors (Lipinski definition) is 6. The Morgan fingerprint density at radius 1 is 1.37 bits per heavy atom. The second-order valence-electron chi connectivity index (χ2n) is 3.60. The predicted molar refractivity (Wildman–Crippen MR) is 76.4 cm³/mol. The highest BCUT2D eigenvalue weighted by Crippen LogP contribution is 2.22. The minimum Gasteiger partial charge on any atom is -0.494 e. The van der Waals surface area contributed by atoms with E-state index in [9.17, 15) is 0 Å². The van der Waals surface area contributed by atoms with E-state index in [-0.39, 0.29) is 0 Å². The molecule has 0 spiro atoms. The second kappa shape index (κ2) is 6.58. The molecule has 0 bridgehead atoms. The summed E-state index contributed by atoms with van der Waals surface area (Å²) in [5.41, 5.74) is 6.49. The van der Waals surface area contributed by atoms with Crippen molar-refractivity contribution in [2.75, 3.05) is 12.3 Å². The van der Waals surface area contributed by atoms with Crippen LogP contribution in [0.15, 0.2) is 29.6 Å². The number of ether oxygens (including phenoxy) is 1. The van der Waals surface area contributed by atoms with Crippen molar-refractivity contribution in [3.05, 3.63) is 35.2 Å². The predicted octanol–water partition coefficient (Wildman–Crippen LogP) is 2.80. The number of anilines is 1. The first kappa shape index (κ1) is 13.9. The van der Waals surface area contributed by atoms with Crippen LogP contribution in [-0.2, 0) is 5.75 Å². The minimum absolute atomic E-state index is 0.339. The number of aromatic nitrogens is 3. The van der Waals surface area contributed by atoms with Gasteiger partial charge in [0.05, 0.1) is 12.3 Å². The van der Waals surface area contributed by atoms with Gasteiger partial charge in [0.15, 0.2) is 5.16 Å². The third-order valence-corrected chi connectivity index (χ3v) is 3.22. The summed E-state index contributed by atoms with van der Waals surface area (Å²) in [6, 6.07) is 5.23. The van der Waals surface area contributed by atoms with Gasteiger partial charge in [0, 0.05) is 24.1 Å². The van der Waals surface area contributed by atoms with Crippen molar-refractivity contribution in [1.82, 2.24) is 15.0 Å². The van der Waals surface area contributed by atoms with Crippen LogP contribution >= 0.6 is 23.4 Å². The molecule has 0 amide bonds. The lowest BCUT2D eigenvalue weighted by atomic mass is 10.3. The molecular formula is C12H13ClN4OS. The summed E-state index contributed by atoms with van der Waals surface area (Å²) in [4.78, 5) is 12.4. The third kappa shape index (κ3) is 4.25. The lowest BCUT2D eigenvalue weighted by Gasteiger charge is -2.05. The molecule has 0 fully saturated rings. The molecule has 0 unspecified atom stereocenters. The lowest BCUT2D eigenvalue weighted by Crippen LogP contribution is -1.96. The van der Waals surface area contributed by atoms with Gasteiger partial charge < -0.3 is 10.5 Å². The zero-order valence-corrected chi connectivity index (χ0v) is 11.9. The Kier molecular flexibility index (Phi) is 4.81. The number of nitrogens with two attached hydrogens (primary N) is 1. The summed E-state index contributed by atoms with van der Waals surface area (Å²) in [5.74, 6) is 1.79. The quantitative estimate of drug-likeness (QED) is 0.519. The van der Waals surface area contributed by atoms with Crippen LogP contribution in [0.2, 0.25) is 5.15 Å². The van der Waals surface area contributed by atoms with Crippen molar-refractivity contribution in [1.29, 1.82) is 0 Å². The maximum absolute atomic E-state index is 5.82. The topological polar surface area (TPSA) is 73.9 Å². The first-order valence-electron chi connectivity index (χ1n) is 5.68. The monoisotopic (exact) mass is 296 g/mol. The summed E-state index contributed by atoms with van der Waals surface area (Å²) in [7, 11) is 0. The first-order chi connectivity index (χ1) is 9.17. The van der Waals surface area contributed by atoms with Crippen LogP contribution in [0.5, 0.6) is 5.75 Å². The van der Waals surface area contributed by atoms with Crippen LogP contribution in [0, 0.1) is 0 Å². The number of hydrogen-bond donors (Lipinski definition) is 1. The molecule has 0 atom stereocenters. The van der Waals surface area contributed by atoms with E-state index in [1.807, 2.05) is 19.1 Å². The number of thioether (sulfide) groups is 1. The Labute approximate surface area is 120 Å². The molecule has 7 heteroatoms. The van der Waals surface area contributed by atoms with Crippen LogP contribution in [0.4, 0.5) is 5.82 Å². The minimum atomic E-state index is 0.339. The summed E-state index contributed by atoms with van der Waals surface area (Å²) in [5, 5.41) is 0.875. The molecule has 0 aromatic carbocycles. The van der Waals surface area contributed by atoms with Crippen molar-refractivity contribution in [2.45, 2.75) is 17.8 Å². The Balaban J connectivity index is 2.03. The summed E-state index contributed by atoms with van der Waals surface area (Å²) in [6.07, 6.45) is 1.72. The zero-order chi connectivity index (χ0) is 13.7. The highest BCUT2D eigenvalue weighted by molar-refractivity contribution is 7.98. The highest BCUT2D eigenvalue weighted by atomic mass is 35.5. The first-order valence-corrected chi connectivity index (χ1v) is 7.04. The van der Waals surface area contributed by atoms with E-state index in [1.54, 1.807) is 6.20 Å². The molecule has 5 nitrogen and oxygen atoms in total. The van der Waals surface area contributed by atoms with E-state index in [0.717, 1.165) is 11.4 Å². The molecule has 19 heavy (non-hydrogen) atoms. The van der Waals surface area contributed by atoms with Crippen molar-refractivity contribution < 1.29 is 4.74 Å². The molecule has 2 N–H and O–H groups in total. The van der Waals surface area contributed by atoms with Crippen molar-refractivity contribution in [3.63, 3.8) is 0 Å². The van der Waals surface area contributed by atoms with E-state index in [0.29, 0.717) is 28.5 Å². The van der Waals surface area contributed by atoms with Gasteiger partial charge in [-0.15, -0.1) is 0 Å². The molecule has 0 saturated carbocycles. The third-order valence-electron chi connectivity index (χ3n) is 2.14. The van der Waals surface area contributed by atoms with E-state index in [4.69, 9.17) is 22.1 Å². The van der Waals surface area contributed by atoms with Gasteiger partial charge in [0.1, 0.15) is 16.7 Å². The van der Waals surface area contributed by atoms with Crippen molar-refractivity contribution in [3.8, 4) is 5.75 Å². The van der Waals surface area contributed by atoms with Gasteiger partial charge in [0.25, 0.3) is 0 Å². The van der Waals surface area contributed by atoms with Gasteiger partial charge in [-0.25, -0.2) is 9.97 Å². The molecule has 100 valence electrons. The molecule has 2 aromatic heterocycles. The number of nitrogen functional groups attached to an aromatic ring is 1. The molecular weight excluding hydrogens is 284 g/mol. The van der Waals surface area contributed by atoms with Crippen LogP contribution in [0.1, 0.15) is 12.6 Å². The average molecular weight is 297 g/mol. The number of pyridine rings is 1. The van der Waals surface area contributed by atoms with E-state index in [2.05, 4.69) is 15.0 Å². The van der Waals surface area contributed by atoms with Gasteiger partial charge in [-0.05, 0) is 13.0 Å². The fourth-order valence-electron chi connectivity index (χ4n) is 1.41. The molecule has 0 saturated heterocycles. The normalized spacial score (nSPS) is 10.4. The molecule has 0 aliphatic heterocycles. The molecule has 2 heterocycles. The fourth-order valence-corrected chi connectivity index (χ4v) is 2.42. The Morgan fingerprint density at radius 3 is 2.95 bits per heavy atom. The fraction of sp³-hybridized carbons (Fsp3) is 0.250. The van der Waals surface area contributed by atoms with Crippen LogP contribution in [0.25, 0.3) is 0 Å². The maximum atomic E-state index is 5.82. The maximum Gasteiger partial charge on any atom is 0.191 e. The smallest absolute Gasteiger partial charge is 0.191 e. The zero-order valence-electron chi connectivity index (χ0n) is 10.3. The van der Waals surface area contributed by atoms with Gasteiger partial charge in [-0.3, -0.25) is 4.98 Å². The Bertz CT molecular complexity index is 547. The van der Waals surface area contributed by atoms with E-state index in [1.165, 1.54) is 17.8 Å². The molecule has 0 radical (unpaired) electrons. The Morgan fingerprint density at radius 2 is 2.21 bits per heavy atom. The number of rotatable bonds is 5. The summed E-state index contributed by atoms with van der Waals surface area (Å²) >= 11 is 7.24. The van der Waals surface area contributed by atoms with Gasteiger partial charge >= 0.3 is 0 Å². The lowest BCUT2D eigenvalue weighted by molar-refractivity contribution is 0.339. The highest BCUT2D eigenvalue weighted by Gasteiger charge is 2.04. The molecule has 0 aliphatic rings. The largest absolute Gasteiger partial charge is 0.494 e. The van der Waals surface area contributed by atoms with Crippen molar-refractivity contribution >= 4 is 29.2 Å².